The topological polar surface area (TPSA) is 78.4 Å². The second kappa shape index (κ2) is 6.04. The van der Waals surface area contributed by atoms with Gasteiger partial charge in [-0.15, -0.1) is 0 Å². The second-order valence-electron chi connectivity index (χ2n) is 4.53. The maximum absolute atomic E-state index is 12.1. The molecule has 1 fully saturated rings. The van der Waals surface area contributed by atoms with Crippen LogP contribution < -0.4 is 10.6 Å². The molecule has 0 unspecified atom stereocenters. The largest absolute Gasteiger partial charge is 0.478 e. The van der Waals surface area contributed by atoms with Crippen molar-refractivity contribution in [2.75, 3.05) is 18.4 Å². The number of rotatable bonds is 3. The van der Waals surface area contributed by atoms with E-state index in [2.05, 4.69) is 10.6 Å². The van der Waals surface area contributed by atoms with Gasteiger partial charge >= 0.3 is 5.97 Å². The van der Waals surface area contributed by atoms with Crippen molar-refractivity contribution in [3.05, 3.63) is 28.8 Å². The van der Waals surface area contributed by atoms with Crippen molar-refractivity contribution in [3.8, 4) is 0 Å². The first-order valence-corrected chi connectivity index (χ1v) is 6.50. The lowest BCUT2D eigenvalue weighted by molar-refractivity contribution is -0.120. The molecular formula is C13H15ClN2O3. The summed E-state index contributed by atoms with van der Waals surface area (Å²) < 4.78 is 0. The number of carboxylic acids is 1. The number of halogens is 1. The first-order chi connectivity index (χ1) is 9.08. The monoisotopic (exact) mass is 282 g/mol. The second-order valence-corrected chi connectivity index (χ2v) is 4.96. The highest BCUT2D eigenvalue weighted by atomic mass is 35.5. The van der Waals surface area contributed by atoms with Crippen LogP contribution >= 0.6 is 11.6 Å². The summed E-state index contributed by atoms with van der Waals surface area (Å²) in [5, 5.41) is 15.3. The highest BCUT2D eigenvalue weighted by Crippen LogP contribution is 2.22. The zero-order valence-electron chi connectivity index (χ0n) is 10.3. The Bertz CT molecular complexity index is 499. The van der Waals surface area contributed by atoms with Crippen LogP contribution in [0.4, 0.5) is 5.69 Å². The number of nitrogens with one attached hydrogen (secondary N) is 2. The van der Waals surface area contributed by atoms with Crippen molar-refractivity contribution in [1.82, 2.24) is 5.32 Å². The van der Waals surface area contributed by atoms with Gasteiger partial charge in [0.1, 0.15) is 0 Å². The molecule has 0 spiro atoms. The normalized spacial score (nSPS) is 18.9. The molecule has 1 aromatic rings. The fraction of sp³-hybridized carbons (Fsp3) is 0.385. The lowest BCUT2D eigenvalue weighted by Gasteiger charge is -2.22. The van der Waals surface area contributed by atoms with Crippen LogP contribution in [0.5, 0.6) is 0 Å². The minimum atomic E-state index is -1.09. The number of hydrogen-bond donors (Lipinski definition) is 3. The Balaban J connectivity index is 2.15. The fourth-order valence-corrected chi connectivity index (χ4v) is 2.29. The third-order valence-electron chi connectivity index (χ3n) is 3.14. The molecule has 2 rings (SSSR count). The lowest BCUT2D eigenvalue weighted by atomic mass is 9.98. The Morgan fingerprint density at radius 3 is 2.84 bits per heavy atom. The van der Waals surface area contributed by atoms with Crippen LogP contribution in [0.25, 0.3) is 0 Å². The number of carbonyl (C=O) groups excluding carboxylic acids is 1. The Morgan fingerprint density at radius 2 is 2.21 bits per heavy atom. The van der Waals surface area contributed by atoms with E-state index in [1.807, 2.05) is 0 Å². The zero-order valence-corrected chi connectivity index (χ0v) is 11.0. The van der Waals surface area contributed by atoms with Crippen LogP contribution in [0.1, 0.15) is 23.2 Å². The van der Waals surface area contributed by atoms with Gasteiger partial charge in [-0.25, -0.2) is 4.79 Å². The lowest BCUT2D eigenvalue weighted by Crippen LogP contribution is -2.37. The van der Waals surface area contributed by atoms with Crippen molar-refractivity contribution < 1.29 is 14.7 Å². The van der Waals surface area contributed by atoms with Gasteiger partial charge in [0, 0.05) is 11.6 Å². The van der Waals surface area contributed by atoms with Crippen LogP contribution in [0.3, 0.4) is 0 Å². The molecule has 1 heterocycles. The quantitative estimate of drug-likeness (QED) is 0.792. The number of piperidine rings is 1. The van der Waals surface area contributed by atoms with E-state index in [9.17, 15) is 9.59 Å². The first-order valence-electron chi connectivity index (χ1n) is 6.12. The number of carbonyl (C=O) groups is 2. The Morgan fingerprint density at radius 1 is 1.42 bits per heavy atom. The van der Waals surface area contributed by atoms with Crippen molar-refractivity contribution >= 4 is 29.2 Å². The van der Waals surface area contributed by atoms with Crippen LogP contribution in [0.2, 0.25) is 5.02 Å². The highest BCUT2D eigenvalue weighted by Gasteiger charge is 2.22. The van der Waals surface area contributed by atoms with E-state index in [1.54, 1.807) is 0 Å². The molecule has 1 aliphatic rings. The third-order valence-corrected chi connectivity index (χ3v) is 3.37. The molecule has 0 radical (unpaired) electrons. The van der Waals surface area contributed by atoms with Crippen molar-refractivity contribution in [2.45, 2.75) is 12.8 Å². The molecule has 1 saturated heterocycles. The van der Waals surface area contributed by atoms with E-state index in [-0.39, 0.29) is 23.1 Å². The molecule has 0 bridgehead atoms. The van der Waals surface area contributed by atoms with Gasteiger partial charge in [0.2, 0.25) is 5.91 Å². The van der Waals surface area contributed by atoms with E-state index in [1.165, 1.54) is 18.2 Å². The summed E-state index contributed by atoms with van der Waals surface area (Å²) in [4.78, 5) is 23.2. The fourth-order valence-electron chi connectivity index (χ4n) is 2.12. The van der Waals surface area contributed by atoms with Gasteiger partial charge in [-0.05, 0) is 37.6 Å². The van der Waals surface area contributed by atoms with Gasteiger partial charge in [0.15, 0.2) is 0 Å². The average Bonchev–Trinajstić information content (AvgIpc) is 2.39. The molecule has 0 saturated carbocycles. The maximum Gasteiger partial charge on any atom is 0.337 e. The highest BCUT2D eigenvalue weighted by molar-refractivity contribution is 6.31. The van der Waals surface area contributed by atoms with Crippen molar-refractivity contribution in [2.24, 2.45) is 5.92 Å². The van der Waals surface area contributed by atoms with Crippen LogP contribution in [-0.2, 0) is 4.79 Å². The number of amides is 1. The predicted molar refractivity (Wildman–Crippen MR) is 72.6 cm³/mol. The van der Waals surface area contributed by atoms with Crippen molar-refractivity contribution in [1.29, 1.82) is 0 Å². The summed E-state index contributed by atoms with van der Waals surface area (Å²) in [6, 6.07) is 4.33. The van der Waals surface area contributed by atoms with Gasteiger partial charge in [0.05, 0.1) is 17.2 Å². The molecule has 6 heteroatoms. The van der Waals surface area contributed by atoms with Gasteiger partial charge in [-0.1, -0.05) is 11.6 Å². The Labute approximate surface area is 116 Å². The van der Waals surface area contributed by atoms with E-state index in [0.717, 1.165) is 19.4 Å². The number of anilines is 1. The van der Waals surface area contributed by atoms with Crippen molar-refractivity contribution in [3.63, 3.8) is 0 Å². The van der Waals surface area contributed by atoms with E-state index in [4.69, 9.17) is 16.7 Å². The molecule has 5 nitrogen and oxygen atoms in total. The summed E-state index contributed by atoms with van der Waals surface area (Å²) in [5.74, 6) is -1.39. The molecule has 1 amide bonds. The van der Waals surface area contributed by atoms with Gasteiger partial charge in [-0.2, -0.15) is 0 Å². The molecule has 0 aliphatic carbocycles. The van der Waals surface area contributed by atoms with E-state index < -0.39 is 5.97 Å². The summed E-state index contributed by atoms with van der Waals surface area (Å²) in [5.41, 5.74) is 0.289. The molecule has 102 valence electrons. The molecule has 0 aromatic heterocycles. The zero-order chi connectivity index (χ0) is 13.8. The smallest absolute Gasteiger partial charge is 0.337 e. The molecule has 1 aliphatic heterocycles. The van der Waals surface area contributed by atoms with E-state index in [0.29, 0.717) is 11.6 Å². The standard InChI is InChI=1S/C13H15ClN2O3/c14-9-3-4-10(13(18)19)11(6-9)16-12(17)8-2-1-5-15-7-8/h3-4,6,8,15H,1-2,5,7H2,(H,16,17)(H,18,19)/t8-/m1/s1. The summed E-state index contributed by atoms with van der Waals surface area (Å²) >= 11 is 5.83. The molecular weight excluding hydrogens is 268 g/mol. The number of aromatic carboxylic acids is 1. The Hall–Kier alpha value is -1.59. The van der Waals surface area contributed by atoms with Gasteiger partial charge in [-0.3, -0.25) is 4.79 Å². The number of hydrogen-bond acceptors (Lipinski definition) is 3. The summed E-state index contributed by atoms with van der Waals surface area (Å²) in [6.07, 6.45) is 1.75. The SMILES string of the molecule is O=C(O)c1ccc(Cl)cc1NC(=O)[C@@H]1CCCNC1. The van der Waals surface area contributed by atoms with Crippen LogP contribution in [0, 0.1) is 5.92 Å². The molecule has 3 N–H and O–H groups in total. The number of benzene rings is 1. The van der Waals surface area contributed by atoms with Gasteiger partial charge in [0.25, 0.3) is 0 Å². The number of carboxylic acid groups (broad SMARTS) is 1. The van der Waals surface area contributed by atoms with Gasteiger partial charge < -0.3 is 15.7 Å². The molecule has 1 atom stereocenters. The third kappa shape index (κ3) is 3.45. The minimum absolute atomic E-state index is 0.0431. The van der Waals surface area contributed by atoms with Crippen LogP contribution in [-0.4, -0.2) is 30.1 Å². The maximum atomic E-state index is 12.1. The minimum Gasteiger partial charge on any atom is -0.478 e. The summed E-state index contributed by atoms with van der Waals surface area (Å²) in [7, 11) is 0. The van der Waals surface area contributed by atoms with E-state index >= 15 is 0 Å². The van der Waals surface area contributed by atoms with Crippen LogP contribution in [0.15, 0.2) is 18.2 Å². The first kappa shape index (κ1) is 13.8. The molecule has 1 aromatic carbocycles. The molecule has 19 heavy (non-hydrogen) atoms. The average molecular weight is 283 g/mol. The predicted octanol–water partition coefficient (Wildman–Crippen LogP) is 1.98. The Kier molecular flexibility index (Phi) is 4.39. The summed E-state index contributed by atoms with van der Waals surface area (Å²) in [6.45, 7) is 1.54.